The second kappa shape index (κ2) is 5.02. The first kappa shape index (κ1) is 11.7. The maximum absolute atomic E-state index is 5.34. The van der Waals surface area contributed by atoms with Crippen LogP contribution in [0.2, 0.25) is 0 Å². The number of hydrogen-bond donors (Lipinski definition) is 0. The highest BCUT2D eigenvalue weighted by atomic mass is 32.2. The van der Waals surface area contributed by atoms with Crippen molar-refractivity contribution in [1.82, 2.24) is 4.90 Å². The Morgan fingerprint density at radius 3 is 2.56 bits per heavy atom. The SMILES string of the molecule is CN(C)C1=CC(=S)S[C@@H](c2ccccc2)C1. The third-order valence-electron chi connectivity index (χ3n) is 2.68. The molecule has 0 unspecified atom stereocenters. The van der Waals surface area contributed by atoms with Crippen LogP contribution in [0.15, 0.2) is 42.1 Å². The van der Waals surface area contributed by atoms with E-state index in [1.165, 1.54) is 11.3 Å². The molecule has 0 fully saturated rings. The predicted molar refractivity (Wildman–Crippen MR) is 75.8 cm³/mol. The van der Waals surface area contributed by atoms with E-state index in [2.05, 4.69) is 55.4 Å². The summed E-state index contributed by atoms with van der Waals surface area (Å²) in [5.41, 5.74) is 2.68. The number of allylic oxidation sites excluding steroid dienone is 1. The topological polar surface area (TPSA) is 3.24 Å². The van der Waals surface area contributed by atoms with Crippen molar-refractivity contribution in [1.29, 1.82) is 0 Å². The molecule has 1 aromatic rings. The molecule has 3 heteroatoms. The summed E-state index contributed by atoms with van der Waals surface area (Å²) in [6.07, 6.45) is 3.17. The van der Waals surface area contributed by atoms with E-state index in [4.69, 9.17) is 12.2 Å². The Labute approximate surface area is 107 Å². The van der Waals surface area contributed by atoms with E-state index in [0.29, 0.717) is 5.25 Å². The van der Waals surface area contributed by atoms with Crippen molar-refractivity contribution in [3.05, 3.63) is 47.7 Å². The van der Waals surface area contributed by atoms with Crippen LogP contribution in [-0.2, 0) is 0 Å². The molecule has 0 bridgehead atoms. The first-order chi connectivity index (χ1) is 7.66. The minimum absolute atomic E-state index is 0.469. The molecule has 1 atom stereocenters. The third-order valence-corrected chi connectivity index (χ3v) is 4.16. The lowest BCUT2D eigenvalue weighted by atomic mass is 10.1. The molecule has 84 valence electrons. The Kier molecular flexibility index (Phi) is 3.66. The summed E-state index contributed by atoms with van der Waals surface area (Å²) < 4.78 is 0.990. The standard InChI is InChI=1S/C13H15NS2/c1-14(2)11-8-12(16-13(15)9-11)10-6-4-3-5-7-10/h3-7,9,12H,8H2,1-2H3/t12-/m1/s1. The average Bonchev–Trinajstić information content (AvgIpc) is 2.29. The van der Waals surface area contributed by atoms with Gasteiger partial charge >= 0.3 is 0 Å². The lowest BCUT2D eigenvalue weighted by Gasteiger charge is -2.27. The highest BCUT2D eigenvalue weighted by Crippen LogP contribution is 2.40. The molecule has 0 aliphatic carbocycles. The summed E-state index contributed by atoms with van der Waals surface area (Å²) in [7, 11) is 4.15. The van der Waals surface area contributed by atoms with Gasteiger partial charge in [0.15, 0.2) is 0 Å². The number of rotatable bonds is 2. The van der Waals surface area contributed by atoms with Crippen LogP contribution >= 0.6 is 24.0 Å². The second-order valence-electron chi connectivity index (χ2n) is 4.07. The fourth-order valence-electron chi connectivity index (χ4n) is 1.77. The number of thiocarbonyl (C=S) groups is 1. The molecular weight excluding hydrogens is 234 g/mol. The lowest BCUT2D eigenvalue weighted by Crippen LogP contribution is -2.17. The summed E-state index contributed by atoms with van der Waals surface area (Å²) in [6.45, 7) is 0. The number of benzene rings is 1. The summed E-state index contributed by atoms with van der Waals surface area (Å²) in [5, 5.41) is 0.469. The zero-order chi connectivity index (χ0) is 11.5. The molecule has 1 nitrogen and oxygen atoms in total. The van der Waals surface area contributed by atoms with Crippen molar-refractivity contribution in [3.63, 3.8) is 0 Å². The van der Waals surface area contributed by atoms with Gasteiger partial charge in [0.2, 0.25) is 0 Å². The summed E-state index contributed by atoms with van der Waals surface area (Å²) in [5.74, 6) is 0. The van der Waals surface area contributed by atoms with Gasteiger partial charge in [-0.1, -0.05) is 42.5 Å². The van der Waals surface area contributed by atoms with Crippen LogP contribution in [0, 0.1) is 0 Å². The summed E-state index contributed by atoms with van der Waals surface area (Å²) in [4.78, 5) is 2.15. The van der Waals surface area contributed by atoms with Crippen LogP contribution in [-0.4, -0.2) is 23.2 Å². The minimum atomic E-state index is 0.469. The predicted octanol–water partition coefficient (Wildman–Crippen LogP) is 3.64. The van der Waals surface area contributed by atoms with Crippen molar-refractivity contribution in [2.24, 2.45) is 0 Å². The van der Waals surface area contributed by atoms with Gasteiger partial charge in [-0.25, -0.2) is 0 Å². The van der Waals surface area contributed by atoms with Gasteiger partial charge in [-0.3, -0.25) is 0 Å². The minimum Gasteiger partial charge on any atom is -0.381 e. The lowest BCUT2D eigenvalue weighted by molar-refractivity contribution is 0.485. The van der Waals surface area contributed by atoms with E-state index >= 15 is 0 Å². The largest absolute Gasteiger partial charge is 0.381 e. The Morgan fingerprint density at radius 2 is 1.94 bits per heavy atom. The smallest absolute Gasteiger partial charge is 0.0729 e. The first-order valence-corrected chi connectivity index (χ1v) is 6.59. The second-order valence-corrected chi connectivity index (χ2v) is 6.01. The number of thioether (sulfide) groups is 1. The molecule has 0 spiro atoms. The van der Waals surface area contributed by atoms with Crippen molar-refractivity contribution in [2.45, 2.75) is 11.7 Å². The molecule has 0 saturated carbocycles. The molecule has 16 heavy (non-hydrogen) atoms. The van der Waals surface area contributed by atoms with Gasteiger partial charge in [0.05, 0.1) is 4.20 Å². The van der Waals surface area contributed by atoms with Gasteiger partial charge in [0.1, 0.15) is 0 Å². The normalized spacial score (nSPS) is 20.5. The van der Waals surface area contributed by atoms with Crippen molar-refractivity contribution in [3.8, 4) is 0 Å². The Balaban J connectivity index is 2.21. The molecule has 1 aliphatic rings. The average molecular weight is 249 g/mol. The van der Waals surface area contributed by atoms with Gasteiger partial charge in [0, 0.05) is 31.5 Å². The fourth-order valence-corrected chi connectivity index (χ4v) is 3.28. The van der Waals surface area contributed by atoms with Gasteiger partial charge in [-0.2, -0.15) is 0 Å². The molecule has 0 amide bonds. The molecular formula is C13H15NS2. The van der Waals surface area contributed by atoms with Crippen molar-refractivity contribution in [2.75, 3.05) is 14.1 Å². The molecule has 1 aliphatic heterocycles. The Hall–Kier alpha value is -0.800. The molecule has 1 heterocycles. The highest BCUT2D eigenvalue weighted by molar-refractivity contribution is 8.23. The van der Waals surface area contributed by atoms with Crippen LogP contribution in [0.4, 0.5) is 0 Å². The van der Waals surface area contributed by atoms with Crippen LogP contribution in [0.25, 0.3) is 0 Å². The Morgan fingerprint density at radius 1 is 1.25 bits per heavy atom. The van der Waals surface area contributed by atoms with E-state index < -0.39 is 0 Å². The van der Waals surface area contributed by atoms with E-state index in [9.17, 15) is 0 Å². The van der Waals surface area contributed by atoms with E-state index in [0.717, 1.165) is 10.6 Å². The molecule has 0 aromatic heterocycles. The zero-order valence-electron chi connectivity index (χ0n) is 9.51. The van der Waals surface area contributed by atoms with Gasteiger partial charge in [-0.05, 0) is 11.6 Å². The highest BCUT2D eigenvalue weighted by Gasteiger charge is 2.21. The quantitative estimate of drug-likeness (QED) is 0.737. The maximum Gasteiger partial charge on any atom is 0.0729 e. The number of nitrogens with zero attached hydrogens (tertiary/aromatic N) is 1. The number of hydrogen-bond acceptors (Lipinski definition) is 3. The zero-order valence-corrected chi connectivity index (χ0v) is 11.1. The molecule has 0 N–H and O–H groups in total. The molecule has 0 saturated heterocycles. The van der Waals surface area contributed by atoms with Gasteiger partial charge in [-0.15, -0.1) is 11.8 Å². The van der Waals surface area contributed by atoms with E-state index in [1.54, 1.807) is 11.8 Å². The van der Waals surface area contributed by atoms with Crippen molar-refractivity contribution >= 4 is 28.2 Å². The van der Waals surface area contributed by atoms with Crippen LogP contribution < -0.4 is 0 Å². The van der Waals surface area contributed by atoms with Gasteiger partial charge < -0.3 is 4.90 Å². The van der Waals surface area contributed by atoms with Crippen LogP contribution in [0.5, 0.6) is 0 Å². The molecule has 2 rings (SSSR count). The van der Waals surface area contributed by atoms with Crippen molar-refractivity contribution < 1.29 is 0 Å². The fraction of sp³-hybridized carbons (Fsp3) is 0.308. The van der Waals surface area contributed by atoms with E-state index in [1.807, 2.05) is 0 Å². The molecule has 1 aromatic carbocycles. The van der Waals surface area contributed by atoms with E-state index in [-0.39, 0.29) is 0 Å². The molecule has 0 radical (unpaired) electrons. The summed E-state index contributed by atoms with van der Waals surface area (Å²) in [6, 6.07) is 10.6. The van der Waals surface area contributed by atoms with Crippen LogP contribution in [0.1, 0.15) is 17.2 Å². The first-order valence-electron chi connectivity index (χ1n) is 5.30. The monoisotopic (exact) mass is 249 g/mol. The summed E-state index contributed by atoms with van der Waals surface area (Å²) >= 11 is 7.13. The third kappa shape index (κ3) is 2.66. The maximum atomic E-state index is 5.34. The van der Waals surface area contributed by atoms with Gasteiger partial charge in [0.25, 0.3) is 0 Å². The Bertz CT molecular complexity index is 409. The van der Waals surface area contributed by atoms with Crippen LogP contribution in [0.3, 0.4) is 0 Å².